The maximum absolute atomic E-state index is 14.2. The lowest BCUT2D eigenvalue weighted by atomic mass is 9.87. The summed E-state index contributed by atoms with van der Waals surface area (Å²) in [6, 6.07) is 15.0. The van der Waals surface area contributed by atoms with Crippen LogP contribution in [0.5, 0.6) is 5.75 Å². The topological polar surface area (TPSA) is 39.8 Å². The van der Waals surface area contributed by atoms with Gasteiger partial charge >= 0.3 is 0 Å². The van der Waals surface area contributed by atoms with Crippen LogP contribution in [0.1, 0.15) is 29.2 Å². The van der Waals surface area contributed by atoms with Crippen LogP contribution in [0.4, 0.5) is 4.39 Å². The third-order valence-electron chi connectivity index (χ3n) is 7.36. The highest BCUT2D eigenvalue weighted by atomic mass is 19.1. The molecule has 2 fully saturated rings. The number of fused-ring (bicyclic) bond motifs is 1. The summed E-state index contributed by atoms with van der Waals surface area (Å²) in [6.45, 7) is 6.43. The first-order valence-corrected chi connectivity index (χ1v) is 11.6. The predicted octanol–water partition coefficient (Wildman–Crippen LogP) is 2.77. The number of ether oxygens (including phenoxy) is 1. The summed E-state index contributed by atoms with van der Waals surface area (Å²) in [6.07, 6.45) is 3.68. The molecule has 3 aliphatic rings. The summed E-state index contributed by atoms with van der Waals surface area (Å²) in [5.74, 6) is 0.420. The van der Waals surface area contributed by atoms with Gasteiger partial charge in [0.25, 0.3) is 0 Å². The van der Waals surface area contributed by atoms with Crippen LogP contribution in [0.2, 0.25) is 0 Å². The molecular weight excluding hydrogens is 391 g/mol. The first-order valence-electron chi connectivity index (χ1n) is 11.6. The maximum Gasteiger partial charge on any atom is 0.165 e. The fraction of sp³-hybridized carbons (Fsp3) is 0.520. The molecule has 1 aliphatic carbocycles. The Morgan fingerprint density at radius 2 is 1.87 bits per heavy atom. The quantitative estimate of drug-likeness (QED) is 0.773. The highest BCUT2D eigenvalue weighted by Crippen LogP contribution is 2.30. The number of methoxy groups -OCH3 is 1. The maximum atomic E-state index is 14.2. The van der Waals surface area contributed by atoms with E-state index >= 15 is 0 Å². The number of hydrogen-bond acceptors (Lipinski definition) is 5. The molecule has 31 heavy (non-hydrogen) atoms. The van der Waals surface area contributed by atoms with Crippen molar-refractivity contribution in [2.45, 2.75) is 31.3 Å². The van der Waals surface area contributed by atoms with Crippen molar-refractivity contribution in [1.82, 2.24) is 20.7 Å². The third-order valence-corrected chi connectivity index (χ3v) is 7.36. The van der Waals surface area contributed by atoms with Gasteiger partial charge in [-0.2, -0.15) is 0 Å². The highest BCUT2D eigenvalue weighted by molar-refractivity contribution is 5.32. The zero-order valence-corrected chi connectivity index (χ0v) is 18.3. The van der Waals surface area contributed by atoms with Gasteiger partial charge in [-0.3, -0.25) is 10.3 Å². The Morgan fingerprint density at radius 3 is 2.65 bits per heavy atom. The number of nitrogens with zero attached hydrogens (tertiary/aromatic N) is 2. The molecule has 5 nitrogen and oxygen atoms in total. The Kier molecular flexibility index (Phi) is 6.23. The molecule has 6 heteroatoms. The van der Waals surface area contributed by atoms with Gasteiger partial charge < -0.3 is 9.64 Å². The van der Waals surface area contributed by atoms with Crippen molar-refractivity contribution in [1.29, 1.82) is 0 Å². The van der Waals surface area contributed by atoms with Crippen LogP contribution >= 0.6 is 0 Å². The van der Waals surface area contributed by atoms with Gasteiger partial charge in [0, 0.05) is 51.2 Å². The van der Waals surface area contributed by atoms with E-state index in [0.29, 0.717) is 17.7 Å². The van der Waals surface area contributed by atoms with E-state index in [0.717, 1.165) is 44.8 Å². The lowest BCUT2D eigenvalue weighted by Gasteiger charge is -2.42. The second kappa shape index (κ2) is 9.25. The van der Waals surface area contributed by atoms with Crippen molar-refractivity contribution in [2.24, 2.45) is 5.92 Å². The number of piperazine rings is 1. The summed E-state index contributed by atoms with van der Waals surface area (Å²) in [7, 11) is 1.50. The van der Waals surface area contributed by atoms with E-state index in [1.54, 1.807) is 23.3 Å². The average molecular weight is 425 g/mol. The number of benzene rings is 2. The molecule has 2 heterocycles. The van der Waals surface area contributed by atoms with Crippen molar-refractivity contribution in [2.75, 3.05) is 46.4 Å². The first kappa shape index (κ1) is 20.9. The molecule has 0 amide bonds. The smallest absolute Gasteiger partial charge is 0.165 e. The number of halogens is 1. The minimum atomic E-state index is -0.296. The Morgan fingerprint density at radius 1 is 1.06 bits per heavy atom. The normalized spacial score (nSPS) is 27.2. The summed E-state index contributed by atoms with van der Waals surface area (Å²) in [4.78, 5) is 5.29. The number of nitrogens with one attached hydrogen (secondary N) is 2. The minimum absolute atomic E-state index is 0.119. The van der Waals surface area contributed by atoms with Crippen molar-refractivity contribution in [3.63, 3.8) is 0 Å². The van der Waals surface area contributed by atoms with E-state index < -0.39 is 0 Å². The van der Waals surface area contributed by atoms with E-state index in [1.165, 1.54) is 26.4 Å². The summed E-state index contributed by atoms with van der Waals surface area (Å²) in [5, 5.41) is 0. The van der Waals surface area contributed by atoms with Crippen molar-refractivity contribution >= 4 is 0 Å². The molecule has 0 radical (unpaired) electrons. The van der Waals surface area contributed by atoms with Crippen LogP contribution in [0.3, 0.4) is 0 Å². The molecule has 0 bridgehead atoms. The van der Waals surface area contributed by atoms with Gasteiger partial charge in [0.15, 0.2) is 11.6 Å². The van der Waals surface area contributed by atoms with E-state index in [2.05, 4.69) is 44.9 Å². The van der Waals surface area contributed by atoms with Crippen molar-refractivity contribution in [3.05, 3.63) is 65.0 Å². The van der Waals surface area contributed by atoms with Gasteiger partial charge in [0.1, 0.15) is 0 Å². The minimum Gasteiger partial charge on any atom is -0.494 e. The zero-order valence-electron chi connectivity index (χ0n) is 18.3. The molecule has 0 aromatic heterocycles. The van der Waals surface area contributed by atoms with E-state index in [-0.39, 0.29) is 11.9 Å². The fourth-order valence-electron chi connectivity index (χ4n) is 5.57. The van der Waals surface area contributed by atoms with Crippen LogP contribution < -0.4 is 15.6 Å². The van der Waals surface area contributed by atoms with Crippen molar-refractivity contribution in [3.8, 4) is 5.75 Å². The Bertz CT molecular complexity index is 899. The monoisotopic (exact) mass is 424 g/mol. The number of rotatable bonds is 5. The first-order chi connectivity index (χ1) is 15.2. The third kappa shape index (κ3) is 4.48. The van der Waals surface area contributed by atoms with Crippen LogP contribution in [0.25, 0.3) is 0 Å². The SMILES string of the molecule is COc1ccc(C2NNCC2CN2CCN(C3CCc4ccccc4C3)CC2)cc1F. The molecule has 166 valence electrons. The molecule has 2 aromatic carbocycles. The number of hydrogen-bond donors (Lipinski definition) is 2. The van der Waals surface area contributed by atoms with Crippen molar-refractivity contribution < 1.29 is 9.13 Å². The standard InChI is InChI=1S/C25H33FN4O/c1-31-24-9-7-20(15-23(24)26)25-21(16-27-28-25)17-29-10-12-30(13-11-29)22-8-6-18-4-2-3-5-19(18)14-22/h2-5,7,9,15,21-22,25,27-28H,6,8,10-14,16-17H2,1H3. The van der Waals surface area contributed by atoms with Crippen LogP contribution in [-0.2, 0) is 12.8 Å². The van der Waals surface area contributed by atoms with Gasteiger partial charge in [-0.25, -0.2) is 9.82 Å². The Labute approximate surface area is 184 Å². The van der Waals surface area contributed by atoms with Gasteiger partial charge in [-0.05, 0) is 48.1 Å². The van der Waals surface area contributed by atoms with Gasteiger partial charge in [0.2, 0.25) is 0 Å². The Hall–Kier alpha value is -1.99. The molecule has 3 atom stereocenters. The molecule has 2 aromatic rings. The van der Waals surface area contributed by atoms with E-state index in [1.807, 2.05) is 6.07 Å². The predicted molar refractivity (Wildman–Crippen MR) is 121 cm³/mol. The van der Waals surface area contributed by atoms with Gasteiger partial charge in [-0.1, -0.05) is 30.3 Å². The fourth-order valence-corrected chi connectivity index (χ4v) is 5.57. The highest BCUT2D eigenvalue weighted by Gasteiger charge is 2.32. The van der Waals surface area contributed by atoms with Crippen LogP contribution in [0, 0.1) is 11.7 Å². The van der Waals surface area contributed by atoms with Gasteiger partial charge in [0.05, 0.1) is 13.2 Å². The second-order valence-corrected chi connectivity index (χ2v) is 9.16. The molecule has 3 unspecified atom stereocenters. The molecule has 0 saturated carbocycles. The number of hydrazine groups is 1. The lowest BCUT2D eigenvalue weighted by Crippen LogP contribution is -2.52. The summed E-state index contributed by atoms with van der Waals surface area (Å²) in [5.41, 5.74) is 10.7. The number of aryl methyl sites for hydroxylation is 1. The van der Waals surface area contributed by atoms with Gasteiger partial charge in [-0.15, -0.1) is 0 Å². The summed E-state index contributed by atoms with van der Waals surface area (Å²) >= 11 is 0. The molecule has 5 rings (SSSR count). The Balaban J connectivity index is 1.16. The summed E-state index contributed by atoms with van der Waals surface area (Å²) < 4.78 is 19.3. The zero-order chi connectivity index (χ0) is 21.2. The largest absolute Gasteiger partial charge is 0.494 e. The van der Waals surface area contributed by atoms with Crippen LogP contribution in [-0.4, -0.2) is 62.2 Å². The molecular formula is C25H33FN4O. The second-order valence-electron chi connectivity index (χ2n) is 9.16. The van der Waals surface area contributed by atoms with E-state index in [4.69, 9.17) is 4.74 Å². The molecule has 2 saturated heterocycles. The average Bonchev–Trinajstić information content (AvgIpc) is 3.27. The molecule has 2 N–H and O–H groups in total. The lowest BCUT2D eigenvalue weighted by molar-refractivity contribution is 0.0798. The molecule has 0 spiro atoms. The van der Waals surface area contributed by atoms with E-state index in [9.17, 15) is 4.39 Å². The molecule has 2 aliphatic heterocycles. The van der Waals surface area contributed by atoms with Crippen LogP contribution in [0.15, 0.2) is 42.5 Å².